The predicted octanol–water partition coefficient (Wildman–Crippen LogP) is 2.96. The normalized spacial score (nSPS) is 44.4. The smallest absolute Gasteiger partial charge is 0.162 e. The van der Waals surface area contributed by atoms with Gasteiger partial charge in [-0.3, -0.25) is 4.79 Å². The summed E-state index contributed by atoms with van der Waals surface area (Å²) in [4.78, 5) is 12.1. The first-order valence-corrected chi connectivity index (χ1v) is 6.06. The highest BCUT2D eigenvalue weighted by molar-refractivity contribution is 6.00. The Morgan fingerprint density at radius 2 is 2.14 bits per heavy atom. The fraction of sp³-hybridized carbons (Fsp3) is 0.769. The SMILES string of the molecule is CCCC1=C[C@H]2[C@@H]3CC[C@@H](C3)[C@H]2C1=O. The summed E-state index contributed by atoms with van der Waals surface area (Å²) < 4.78 is 0. The molecule has 1 heteroatoms. The Morgan fingerprint density at radius 1 is 1.36 bits per heavy atom. The molecule has 0 aromatic carbocycles. The van der Waals surface area contributed by atoms with Crippen molar-refractivity contribution in [2.24, 2.45) is 23.7 Å². The van der Waals surface area contributed by atoms with E-state index >= 15 is 0 Å². The maximum atomic E-state index is 12.1. The van der Waals surface area contributed by atoms with E-state index in [0.29, 0.717) is 17.6 Å². The van der Waals surface area contributed by atoms with Crippen molar-refractivity contribution in [3.8, 4) is 0 Å². The van der Waals surface area contributed by atoms with Crippen LogP contribution in [0.25, 0.3) is 0 Å². The van der Waals surface area contributed by atoms with Crippen molar-refractivity contribution in [2.75, 3.05) is 0 Å². The van der Waals surface area contributed by atoms with E-state index in [2.05, 4.69) is 13.0 Å². The van der Waals surface area contributed by atoms with Crippen LogP contribution >= 0.6 is 0 Å². The van der Waals surface area contributed by atoms with Gasteiger partial charge in [0.2, 0.25) is 0 Å². The molecule has 0 spiro atoms. The van der Waals surface area contributed by atoms with Gasteiger partial charge in [-0.2, -0.15) is 0 Å². The summed E-state index contributed by atoms with van der Waals surface area (Å²) in [6.07, 6.45) is 8.52. The average Bonchev–Trinajstić information content (AvgIpc) is 2.81. The number of hydrogen-bond donors (Lipinski definition) is 0. The van der Waals surface area contributed by atoms with Gasteiger partial charge in [-0.15, -0.1) is 0 Å². The largest absolute Gasteiger partial charge is 0.294 e. The fourth-order valence-electron chi connectivity index (χ4n) is 3.97. The lowest BCUT2D eigenvalue weighted by Crippen LogP contribution is -2.23. The molecule has 0 unspecified atom stereocenters. The molecular formula is C13H18O. The van der Waals surface area contributed by atoms with E-state index in [4.69, 9.17) is 0 Å². The van der Waals surface area contributed by atoms with Crippen LogP contribution < -0.4 is 0 Å². The second-order valence-corrected chi connectivity index (χ2v) is 5.24. The molecule has 0 amide bonds. The minimum absolute atomic E-state index is 0.426. The highest BCUT2D eigenvalue weighted by atomic mass is 16.1. The second-order valence-electron chi connectivity index (χ2n) is 5.24. The van der Waals surface area contributed by atoms with Crippen molar-refractivity contribution in [1.82, 2.24) is 0 Å². The number of rotatable bonds is 2. The second kappa shape index (κ2) is 2.95. The molecule has 3 aliphatic carbocycles. The lowest BCUT2D eigenvalue weighted by Gasteiger charge is -2.22. The molecule has 0 N–H and O–H groups in total. The van der Waals surface area contributed by atoms with Crippen molar-refractivity contribution < 1.29 is 4.79 Å². The van der Waals surface area contributed by atoms with E-state index in [1.165, 1.54) is 24.8 Å². The van der Waals surface area contributed by atoms with Crippen LogP contribution in [0, 0.1) is 23.7 Å². The molecule has 3 rings (SSSR count). The Morgan fingerprint density at radius 3 is 2.86 bits per heavy atom. The molecule has 0 aromatic heterocycles. The Labute approximate surface area is 85.6 Å². The van der Waals surface area contributed by atoms with E-state index in [9.17, 15) is 4.79 Å². The third-order valence-corrected chi connectivity index (χ3v) is 4.51. The van der Waals surface area contributed by atoms with Gasteiger partial charge in [0.25, 0.3) is 0 Å². The summed E-state index contributed by atoms with van der Waals surface area (Å²) >= 11 is 0. The molecule has 4 atom stereocenters. The van der Waals surface area contributed by atoms with E-state index in [-0.39, 0.29) is 0 Å². The molecule has 2 bridgehead atoms. The van der Waals surface area contributed by atoms with Crippen LogP contribution in [0.1, 0.15) is 39.0 Å². The van der Waals surface area contributed by atoms with Crippen LogP contribution in [0.4, 0.5) is 0 Å². The zero-order valence-electron chi connectivity index (χ0n) is 8.83. The van der Waals surface area contributed by atoms with Crippen molar-refractivity contribution in [3.63, 3.8) is 0 Å². The third-order valence-electron chi connectivity index (χ3n) is 4.51. The van der Waals surface area contributed by atoms with Crippen molar-refractivity contribution >= 4 is 5.78 Å². The summed E-state index contributed by atoms with van der Waals surface area (Å²) in [6, 6.07) is 0. The Balaban J connectivity index is 1.87. The summed E-state index contributed by atoms with van der Waals surface area (Å²) in [5.74, 6) is 3.22. The third kappa shape index (κ3) is 0.986. The molecule has 0 saturated heterocycles. The van der Waals surface area contributed by atoms with E-state index in [0.717, 1.165) is 24.7 Å². The lowest BCUT2D eigenvalue weighted by atomic mass is 9.81. The molecule has 0 aliphatic heterocycles. The van der Waals surface area contributed by atoms with E-state index < -0.39 is 0 Å². The quantitative estimate of drug-likeness (QED) is 0.654. The molecule has 14 heavy (non-hydrogen) atoms. The Bertz CT molecular complexity index is 302. The minimum atomic E-state index is 0.426. The van der Waals surface area contributed by atoms with Crippen LogP contribution in [0.15, 0.2) is 11.6 Å². The van der Waals surface area contributed by atoms with Crippen LogP contribution in [-0.2, 0) is 4.79 Å². The maximum absolute atomic E-state index is 12.1. The molecule has 3 aliphatic rings. The molecular weight excluding hydrogens is 172 g/mol. The van der Waals surface area contributed by atoms with Crippen molar-refractivity contribution in [3.05, 3.63) is 11.6 Å². The van der Waals surface area contributed by atoms with Crippen LogP contribution in [0.3, 0.4) is 0 Å². The number of carbonyl (C=O) groups excluding carboxylic acids is 1. The van der Waals surface area contributed by atoms with Crippen LogP contribution in [-0.4, -0.2) is 5.78 Å². The van der Waals surface area contributed by atoms with Crippen LogP contribution in [0.5, 0.6) is 0 Å². The maximum Gasteiger partial charge on any atom is 0.162 e. The first-order chi connectivity index (χ1) is 6.81. The predicted molar refractivity (Wildman–Crippen MR) is 55.8 cm³/mol. The van der Waals surface area contributed by atoms with Gasteiger partial charge in [0.15, 0.2) is 5.78 Å². The summed E-state index contributed by atoms with van der Waals surface area (Å²) in [6.45, 7) is 2.16. The molecule has 76 valence electrons. The Hall–Kier alpha value is -0.590. The molecule has 2 saturated carbocycles. The van der Waals surface area contributed by atoms with Gasteiger partial charge < -0.3 is 0 Å². The standard InChI is InChI=1S/C13H18O/c1-2-3-10-7-11-8-4-5-9(6-8)12(11)13(10)14/h7-9,11-12H,2-6H2,1H3/t8-,9+,11+,12-/m1/s1. The van der Waals surface area contributed by atoms with Crippen LogP contribution in [0.2, 0.25) is 0 Å². The highest BCUT2D eigenvalue weighted by Crippen LogP contribution is 2.56. The van der Waals surface area contributed by atoms with Gasteiger partial charge >= 0.3 is 0 Å². The summed E-state index contributed by atoms with van der Waals surface area (Å²) in [5.41, 5.74) is 1.17. The number of carbonyl (C=O) groups is 1. The van der Waals surface area contributed by atoms with Gasteiger partial charge in [0.1, 0.15) is 0 Å². The molecule has 2 fully saturated rings. The number of hydrogen-bond acceptors (Lipinski definition) is 1. The van der Waals surface area contributed by atoms with Gasteiger partial charge in [-0.05, 0) is 49.0 Å². The summed E-state index contributed by atoms with van der Waals surface area (Å²) in [5, 5.41) is 0. The molecule has 0 radical (unpaired) electrons. The summed E-state index contributed by atoms with van der Waals surface area (Å²) in [7, 11) is 0. The van der Waals surface area contributed by atoms with Gasteiger partial charge in [-0.25, -0.2) is 0 Å². The molecule has 0 aromatic rings. The lowest BCUT2D eigenvalue weighted by molar-refractivity contribution is -0.120. The fourth-order valence-corrected chi connectivity index (χ4v) is 3.97. The monoisotopic (exact) mass is 190 g/mol. The number of fused-ring (bicyclic) bond motifs is 5. The van der Waals surface area contributed by atoms with Gasteiger partial charge in [0.05, 0.1) is 0 Å². The minimum Gasteiger partial charge on any atom is -0.294 e. The number of Topliss-reactive ketones (excluding diaryl/α,β-unsaturated/α-hetero) is 1. The first-order valence-electron chi connectivity index (χ1n) is 6.06. The van der Waals surface area contributed by atoms with Gasteiger partial charge in [0, 0.05) is 5.92 Å². The highest BCUT2D eigenvalue weighted by Gasteiger charge is 2.52. The van der Waals surface area contributed by atoms with Crippen molar-refractivity contribution in [2.45, 2.75) is 39.0 Å². The van der Waals surface area contributed by atoms with Gasteiger partial charge in [-0.1, -0.05) is 19.4 Å². The number of allylic oxidation sites excluding steroid dienone is 2. The Kier molecular flexibility index (Phi) is 1.83. The van der Waals surface area contributed by atoms with E-state index in [1.807, 2.05) is 0 Å². The molecule has 0 heterocycles. The average molecular weight is 190 g/mol. The topological polar surface area (TPSA) is 17.1 Å². The molecule has 1 nitrogen and oxygen atoms in total. The number of ketones is 1. The first kappa shape index (κ1) is 8.70. The zero-order valence-corrected chi connectivity index (χ0v) is 8.83. The zero-order chi connectivity index (χ0) is 9.71. The van der Waals surface area contributed by atoms with E-state index in [1.54, 1.807) is 0 Å². The van der Waals surface area contributed by atoms with Crippen molar-refractivity contribution in [1.29, 1.82) is 0 Å².